The van der Waals surface area contributed by atoms with Crippen LogP contribution in [-0.4, -0.2) is 28.4 Å². The average Bonchev–Trinajstić information content (AvgIpc) is 3.16. The molecule has 6 nitrogen and oxygen atoms in total. The molecule has 7 heteroatoms. The Hall–Kier alpha value is -3.40. The van der Waals surface area contributed by atoms with Gasteiger partial charge in [0.05, 0.1) is 29.6 Å². The van der Waals surface area contributed by atoms with Crippen molar-refractivity contribution in [2.45, 2.75) is 26.3 Å². The number of amides is 1. The lowest BCUT2D eigenvalue weighted by Crippen LogP contribution is -2.40. The molecule has 0 unspecified atom stereocenters. The molecule has 2 aromatic heterocycles. The highest BCUT2D eigenvalue weighted by Crippen LogP contribution is 2.26. The molecule has 1 aliphatic heterocycles. The van der Waals surface area contributed by atoms with Crippen LogP contribution in [0.1, 0.15) is 29.8 Å². The van der Waals surface area contributed by atoms with Crippen molar-refractivity contribution in [1.29, 1.82) is 5.26 Å². The highest BCUT2D eigenvalue weighted by Gasteiger charge is 2.26. The lowest BCUT2D eigenvalue weighted by atomic mass is 9.95. The molecule has 0 saturated carbocycles. The highest BCUT2D eigenvalue weighted by atomic mass is 19.1. The second-order valence-corrected chi connectivity index (χ2v) is 7.38. The van der Waals surface area contributed by atoms with Gasteiger partial charge in [-0.2, -0.15) is 5.26 Å². The summed E-state index contributed by atoms with van der Waals surface area (Å²) in [5.41, 5.74) is 3.58. The second-order valence-electron chi connectivity index (χ2n) is 7.38. The smallest absolute Gasteiger partial charge is 0.223 e. The van der Waals surface area contributed by atoms with Crippen molar-refractivity contribution < 1.29 is 9.18 Å². The summed E-state index contributed by atoms with van der Waals surface area (Å²) in [5.74, 6) is -0.473. The van der Waals surface area contributed by atoms with Crippen LogP contribution in [0, 0.1) is 30.0 Å². The summed E-state index contributed by atoms with van der Waals surface area (Å²) in [5, 5.41) is 11.9. The number of fused-ring (bicyclic) bond motifs is 1. The monoisotopic (exact) mass is 391 g/mol. The summed E-state index contributed by atoms with van der Waals surface area (Å²) in [6, 6.07) is 12.4. The van der Waals surface area contributed by atoms with Gasteiger partial charge in [-0.1, -0.05) is 6.07 Å². The van der Waals surface area contributed by atoms with Gasteiger partial charge in [0.1, 0.15) is 11.5 Å². The van der Waals surface area contributed by atoms with Crippen molar-refractivity contribution >= 4 is 17.2 Å². The van der Waals surface area contributed by atoms with Gasteiger partial charge in [0.15, 0.2) is 0 Å². The van der Waals surface area contributed by atoms with Crippen molar-refractivity contribution in [2.24, 2.45) is 5.92 Å². The van der Waals surface area contributed by atoms with Crippen LogP contribution in [0.3, 0.4) is 0 Å². The van der Waals surface area contributed by atoms with Crippen molar-refractivity contribution in [3.8, 4) is 6.07 Å². The number of halogens is 1. The fourth-order valence-corrected chi connectivity index (χ4v) is 3.82. The summed E-state index contributed by atoms with van der Waals surface area (Å²) < 4.78 is 16.2. The first-order chi connectivity index (χ1) is 14.0. The predicted octanol–water partition coefficient (Wildman–Crippen LogP) is 3.19. The van der Waals surface area contributed by atoms with E-state index in [0.717, 1.165) is 17.0 Å². The van der Waals surface area contributed by atoms with Crippen LogP contribution in [0.4, 0.5) is 10.1 Å². The van der Waals surface area contributed by atoms with Gasteiger partial charge in [-0.05, 0) is 50.1 Å². The Morgan fingerprint density at radius 1 is 1.31 bits per heavy atom. The molecule has 3 aromatic rings. The van der Waals surface area contributed by atoms with Crippen LogP contribution >= 0.6 is 0 Å². The minimum absolute atomic E-state index is 0.0127. The molecular weight excluding hydrogens is 369 g/mol. The molecule has 0 bridgehead atoms. The van der Waals surface area contributed by atoms with E-state index < -0.39 is 5.82 Å². The molecule has 0 radical (unpaired) electrons. The number of anilines is 1. The minimum Gasteiger partial charge on any atom is -0.369 e. The number of nitriles is 1. The van der Waals surface area contributed by atoms with Crippen LogP contribution in [0.15, 0.2) is 42.6 Å². The third-order valence-electron chi connectivity index (χ3n) is 5.47. The molecule has 1 fully saturated rings. The van der Waals surface area contributed by atoms with Gasteiger partial charge in [0.25, 0.3) is 0 Å². The largest absolute Gasteiger partial charge is 0.369 e. The van der Waals surface area contributed by atoms with Crippen LogP contribution in [0.25, 0.3) is 5.65 Å². The first-order valence-corrected chi connectivity index (χ1v) is 9.71. The van der Waals surface area contributed by atoms with Crippen molar-refractivity contribution in [1.82, 2.24) is 14.7 Å². The minimum atomic E-state index is -0.394. The van der Waals surface area contributed by atoms with Gasteiger partial charge in [0, 0.05) is 30.9 Å². The molecule has 0 atom stereocenters. The number of aryl methyl sites for hydroxylation is 1. The van der Waals surface area contributed by atoms with Crippen LogP contribution < -0.4 is 10.2 Å². The molecule has 1 saturated heterocycles. The van der Waals surface area contributed by atoms with Gasteiger partial charge < -0.3 is 14.6 Å². The second kappa shape index (κ2) is 7.92. The summed E-state index contributed by atoms with van der Waals surface area (Å²) in [4.78, 5) is 19.1. The molecule has 1 aromatic carbocycles. The Bertz CT molecular complexity index is 1090. The number of pyridine rings is 1. The van der Waals surface area contributed by atoms with Crippen molar-refractivity contribution in [3.63, 3.8) is 0 Å². The molecule has 1 N–H and O–H groups in total. The standard InChI is InChI=1S/C22H22FN5O/c1-15-3-2-4-21-26-18(14-28(15)21)13-25-22(29)17-7-9-27(10-8-17)20-6-5-16(12-24)11-19(20)23/h2-6,11,14,17H,7-10,13H2,1H3,(H,25,29). The van der Waals surface area contributed by atoms with Crippen LogP contribution in [0.2, 0.25) is 0 Å². The molecule has 29 heavy (non-hydrogen) atoms. The number of rotatable bonds is 4. The van der Waals surface area contributed by atoms with Gasteiger partial charge in [-0.25, -0.2) is 9.37 Å². The topological polar surface area (TPSA) is 73.4 Å². The van der Waals surface area contributed by atoms with E-state index in [9.17, 15) is 9.18 Å². The van der Waals surface area contributed by atoms with E-state index in [-0.39, 0.29) is 11.8 Å². The third-order valence-corrected chi connectivity index (χ3v) is 5.47. The maximum absolute atomic E-state index is 14.2. The average molecular weight is 391 g/mol. The van der Waals surface area contributed by atoms with Gasteiger partial charge in [-0.3, -0.25) is 4.79 Å². The number of benzene rings is 1. The van der Waals surface area contributed by atoms with Gasteiger partial charge in [0.2, 0.25) is 5.91 Å². The Morgan fingerprint density at radius 2 is 2.10 bits per heavy atom. The lowest BCUT2D eigenvalue weighted by molar-refractivity contribution is -0.125. The van der Waals surface area contributed by atoms with Gasteiger partial charge in [-0.15, -0.1) is 0 Å². The summed E-state index contributed by atoms with van der Waals surface area (Å²) in [6.07, 6.45) is 3.27. The zero-order chi connectivity index (χ0) is 20.4. The molecule has 0 spiro atoms. The van der Waals surface area contributed by atoms with E-state index in [4.69, 9.17) is 5.26 Å². The Morgan fingerprint density at radius 3 is 2.79 bits per heavy atom. The number of piperidine rings is 1. The number of hydrogen-bond acceptors (Lipinski definition) is 4. The lowest BCUT2D eigenvalue weighted by Gasteiger charge is -2.33. The molecule has 0 aliphatic carbocycles. The third kappa shape index (κ3) is 3.92. The summed E-state index contributed by atoms with van der Waals surface area (Å²) >= 11 is 0. The number of carbonyl (C=O) groups excluding carboxylic acids is 1. The quantitative estimate of drug-likeness (QED) is 0.741. The van der Waals surface area contributed by atoms with Crippen molar-refractivity contribution in [2.75, 3.05) is 18.0 Å². The first-order valence-electron chi connectivity index (χ1n) is 9.71. The van der Waals surface area contributed by atoms with E-state index in [1.54, 1.807) is 12.1 Å². The Labute approximate surface area is 168 Å². The summed E-state index contributed by atoms with van der Waals surface area (Å²) in [6.45, 7) is 3.62. The number of hydrogen-bond donors (Lipinski definition) is 1. The maximum atomic E-state index is 14.2. The Kier molecular flexibility index (Phi) is 5.17. The zero-order valence-corrected chi connectivity index (χ0v) is 16.2. The number of aromatic nitrogens is 2. The fourth-order valence-electron chi connectivity index (χ4n) is 3.82. The molecule has 1 amide bonds. The normalized spacial score (nSPS) is 14.7. The fraction of sp³-hybridized carbons (Fsp3) is 0.318. The van der Waals surface area contributed by atoms with E-state index in [1.165, 1.54) is 6.07 Å². The summed E-state index contributed by atoms with van der Waals surface area (Å²) in [7, 11) is 0. The van der Waals surface area contributed by atoms with Crippen LogP contribution in [-0.2, 0) is 11.3 Å². The molecule has 1 aliphatic rings. The number of nitrogens with one attached hydrogen (secondary N) is 1. The predicted molar refractivity (Wildman–Crippen MR) is 108 cm³/mol. The molecule has 4 rings (SSSR count). The van der Waals surface area contributed by atoms with E-state index in [0.29, 0.717) is 43.7 Å². The molecule has 3 heterocycles. The maximum Gasteiger partial charge on any atom is 0.223 e. The van der Waals surface area contributed by atoms with Crippen molar-refractivity contribution in [3.05, 3.63) is 65.4 Å². The number of imidazole rings is 1. The van der Waals surface area contributed by atoms with Crippen LogP contribution in [0.5, 0.6) is 0 Å². The first kappa shape index (κ1) is 18.9. The Balaban J connectivity index is 1.33. The van der Waals surface area contributed by atoms with E-state index >= 15 is 0 Å². The molecule has 148 valence electrons. The van der Waals surface area contributed by atoms with E-state index in [2.05, 4.69) is 10.3 Å². The SMILES string of the molecule is Cc1cccc2nc(CNC(=O)C3CCN(c4ccc(C#N)cc4F)CC3)cn12. The zero-order valence-electron chi connectivity index (χ0n) is 16.2. The number of carbonyl (C=O) groups is 1. The number of nitrogens with zero attached hydrogens (tertiary/aromatic N) is 4. The van der Waals surface area contributed by atoms with E-state index in [1.807, 2.05) is 46.7 Å². The molecular formula is C22H22FN5O. The van der Waals surface area contributed by atoms with Gasteiger partial charge >= 0.3 is 0 Å². The highest BCUT2D eigenvalue weighted by molar-refractivity contribution is 5.79.